The molecule has 1 saturated heterocycles. The largest absolute Gasteiger partial charge is 0.370 e. The molecule has 1 aromatic rings. The Labute approximate surface area is 116 Å². The van der Waals surface area contributed by atoms with Crippen molar-refractivity contribution in [3.05, 3.63) is 11.9 Å². The standard InChI is InChI=1S/C15H26N4/c1-4-9-16-14-11-15(18-13(5-2)17-14)19-10-7-6-8-12(19)3/h11-12H,4-10H2,1-3H3,(H,16,17,18). The first kappa shape index (κ1) is 14.1. The van der Waals surface area contributed by atoms with Gasteiger partial charge in [0.1, 0.15) is 17.5 Å². The van der Waals surface area contributed by atoms with E-state index >= 15 is 0 Å². The Hall–Kier alpha value is -1.32. The highest BCUT2D eigenvalue weighted by Crippen LogP contribution is 2.24. The van der Waals surface area contributed by atoms with Crippen LogP contribution < -0.4 is 10.2 Å². The fraction of sp³-hybridized carbons (Fsp3) is 0.733. The lowest BCUT2D eigenvalue weighted by atomic mass is 10.0. The number of anilines is 2. The van der Waals surface area contributed by atoms with Gasteiger partial charge in [-0.25, -0.2) is 9.97 Å². The minimum Gasteiger partial charge on any atom is -0.370 e. The molecule has 106 valence electrons. The zero-order valence-corrected chi connectivity index (χ0v) is 12.4. The molecule has 1 atom stereocenters. The van der Waals surface area contributed by atoms with Crippen molar-refractivity contribution >= 4 is 11.6 Å². The number of aromatic nitrogens is 2. The molecular formula is C15H26N4. The maximum Gasteiger partial charge on any atom is 0.134 e. The van der Waals surface area contributed by atoms with Gasteiger partial charge in [-0.05, 0) is 32.6 Å². The minimum atomic E-state index is 0.590. The van der Waals surface area contributed by atoms with Gasteiger partial charge in [0.05, 0.1) is 0 Å². The van der Waals surface area contributed by atoms with Crippen molar-refractivity contribution in [3.63, 3.8) is 0 Å². The van der Waals surface area contributed by atoms with Crippen molar-refractivity contribution in [1.29, 1.82) is 0 Å². The van der Waals surface area contributed by atoms with Gasteiger partial charge >= 0.3 is 0 Å². The van der Waals surface area contributed by atoms with Crippen LogP contribution in [0.25, 0.3) is 0 Å². The molecule has 1 aliphatic rings. The average molecular weight is 262 g/mol. The summed E-state index contributed by atoms with van der Waals surface area (Å²) >= 11 is 0. The third-order valence-electron chi connectivity index (χ3n) is 3.73. The Kier molecular flexibility index (Phi) is 5.00. The summed E-state index contributed by atoms with van der Waals surface area (Å²) in [4.78, 5) is 11.7. The molecule has 0 spiro atoms. The first-order chi connectivity index (χ1) is 9.24. The molecule has 1 unspecified atom stereocenters. The van der Waals surface area contributed by atoms with E-state index in [1.165, 1.54) is 19.3 Å². The molecule has 1 aromatic heterocycles. The van der Waals surface area contributed by atoms with E-state index in [4.69, 9.17) is 4.98 Å². The molecule has 1 aliphatic heterocycles. The highest BCUT2D eigenvalue weighted by Gasteiger charge is 2.20. The Morgan fingerprint density at radius 1 is 1.32 bits per heavy atom. The molecule has 0 radical (unpaired) electrons. The summed E-state index contributed by atoms with van der Waals surface area (Å²) in [6, 6.07) is 2.70. The summed E-state index contributed by atoms with van der Waals surface area (Å²) in [5, 5.41) is 3.39. The van der Waals surface area contributed by atoms with Gasteiger partial charge < -0.3 is 10.2 Å². The molecule has 4 nitrogen and oxygen atoms in total. The fourth-order valence-corrected chi connectivity index (χ4v) is 2.57. The maximum absolute atomic E-state index is 4.71. The van der Waals surface area contributed by atoms with E-state index in [0.29, 0.717) is 6.04 Å². The van der Waals surface area contributed by atoms with E-state index in [2.05, 4.69) is 42.0 Å². The van der Waals surface area contributed by atoms with E-state index in [0.717, 1.165) is 43.4 Å². The van der Waals surface area contributed by atoms with Gasteiger partial charge in [0.15, 0.2) is 0 Å². The van der Waals surface area contributed by atoms with Crippen molar-refractivity contribution < 1.29 is 0 Å². The van der Waals surface area contributed by atoms with Crippen LogP contribution in [0.4, 0.5) is 11.6 Å². The van der Waals surface area contributed by atoms with Gasteiger partial charge in [-0.15, -0.1) is 0 Å². The summed E-state index contributed by atoms with van der Waals surface area (Å²) < 4.78 is 0. The SMILES string of the molecule is CCCNc1cc(N2CCCCC2C)nc(CC)n1. The molecular weight excluding hydrogens is 236 g/mol. The number of hydrogen-bond acceptors (Lipinski definition) is 4. The molecule has 0 saturated carbocycles. The van der Waals surface area contributed by atoms with E-state index in [9.17, 15) is 0 Å². The third kappa shape index (κ3) is 3.58. The van der Waals surface area contributed by atoms with Crippen molar-refractivity contribution in [2.24, 2.45) is 0 Å². The Bertz CT molecular complexity index is 405. The van der Waals surface area contributed by atoms with E-state index in [1.54, 1.807) is 0 Å². The lowest BCUT2D eigenvalue weighted by Gasteiger charge is -2.34. The van der Waals surface area contributed by atoms with Gasteiger partial charge in [0.25, 0.3) is 0 Å². The predicted molar refractivity (Wildman–Crippen MR) is 80.8 cm³/mol. The van der Waals surface area contributed by atoms with Crippen LogP contribution in [-0.4, -0.2) is 29.1 Å². The minimum absolute atomic E-state index is 0.590. The molecule has 0 amide bonds. The number of nitrogens with zero attached hydrogens (tertiary/aromatic N) is 3. The lowest BCUT2D eigenvalue weighted by molar-refractivity contribution is 0.480. The molecule has 1 N–H and O–H groups in total. The van der Waals surface area contributed by atoms with Gasteiger partial charge in [-0.3, -0.25) is 0 Å². The number of aryl methyl sites for hydroxylation is 1. The highest BCUT2D eigenvalue weighted by atomic mass is 15.2. The van der Waals surface area contributed by atoms with Crippen molar-refractivity contribution in [2.45, 2.75) is 58.9 Å². The van der Waals surface area contributed by atoms with E-state index in [1.807, 2.05) is 0 Å². The molecule has 4 heteroatoms. The van der Waals surface area contributed by atoms with Crippen molar-refractivity contribution in [3.8, 4) is 0 Å². The lowest BCUT2D eigenvalue weighted by Crippen LogP contribution is -2.38. The second-order valence-corrected chi connectivity index (χ2v) is 5.35. The third-order valence-corrected chi connectivity index (χ3v) is 3.73. The van der Waals surface area contributed by atoms with Crippen LogP contribution in [-0.2, 0) is 6.42 Å². The second-order valence-electron chi connectivity index (χ2n) is 5.35. The molecule has 1 fully saturated rings. The number of rotatable bonds is 5. The summed E-state index contributed by atoms with van der Waals surface area (Å²) in [5.74, 6) is 3.01. The van der Waals surface area contributed by atoms with Gasteiger partial charge in [-0.1, -0.05) is 13.8 Å². The molecule has 2 heterocycles. The smallest absolute Gasteiger partial charge is 0.134 e. The van der Waals surface area contributed by atoms with Crippen LogP contribution >= 0.6 is 0 Å². The van der Waals surface area contributed by atoms with E-state index < -0.39 is 0 Å². The zero-order valence-electron chi connectivity index (χ0n) is 12.4. The van der Waals surface area contributed by atoms with Crippen LogP contribution in [0.1, 0.15) is 52.3 Å². The quantitative estimate of drug-likeness (QED) is 0.884. The van der Waals surface area contributed by atoms with Crippen molar-refractivity contribution in [1.82, 2.24) is 9.97 Å². The molecule has 2 rings (SSSR count). The fourth-order valence-electron chi connectivity index (χ4n) is 2.57. The first-order valence-corrected chi connectivity index (χ1v) is 7.63. The Morgan fingerprint density at radius 3 is 2.84 bits per heavy atom. The summed E-state index contributed by atoms with van der Waals surface area (Å²) in [6.07, 6.45) is 5.87. The second kappa shape index (κ2) is 6.73. The van der Waals surface area contributed by atoms with Crippen molar-refractivity contribution in [2.75, 3.05) is 23.3 Å². The highest BCUT2D eigenvalue weighted by molar-refractivity contribution is 5.50. The molecule has 0 aliphatic carbocycles. The first-order valence-electron chi connectivity index (χ1n) is 7.63. The molecule has 19 heavy (non-hydrogen) atoms. The summed E-state index contributed by atoms with van der Waals surface area (Å²) in [5.41, 5.74) is 0. The van der Waals surface area contributed by atoms with Gasteiger partial charge in [0, 0.05) is 31.6 Å². The normalized spacial score (nSPS) is 19.5. The Morgan fingerprint density at radius 2 is 2.16 bits per heavy atom. The topological polar surface area (TPSA) is 41.0 Å². The monoisotopic (exact) mass is 262 g/mol. The predicted octanol–water partition coefficient (Wildman–Crippen LogP) is 3.24. The molecule has 0 aromatic carbocycles. The Balaban J connectivity index is 2.22. The average Bonchev–Trinajstić information content (AvgIpc) is 2.45. The maximum atomic E-state index is 4.71. The van der Waals surface area contributed by atoms with Crippen LogP contribution in [0.15, 0.2) is 6.07 Å². The van der Waals surface area contributed by atoms with Gasteiger partial charge in [-0.2, -0.15) is 0 Å². The van der Waals surface area contributed by atoms with Crippen LogP contribution in [0.5, 0.6) is 0 Å². The zero-order chi connectivity index (χ0) is 13.7. The molecule has 0 bridgehead atoms. The number of hydrogen-bond donors (Lipinski definition) is 1. The number of piperidine rings is 1. The van der Waals surface area contributed by atoms with Crippen LogP contribution in [0.3, 0.4) is 0 Å². The van der Waals surface area contributed by atoms with Gasteiger partial charge in [0.2, 0.25) is 0 Å². The number of nitrogens with one attached hydrogen (secondary N) is 1. The summed E-state index contributed by atoms with van der Waals surface area (Å²) in [7, 11) is 0. The summed E-state index contributed by atoms with van der Waals surface area (Å²) in [6.45, 7) is 8.67. The van der Waals surface area contributed by atoms with E-state index in [-0.39, 0.29) is 0 Å². The van der Waals surface area contributed by atoms with Crippen LogP contribution in [0.2, 0.25) is 0 Å². The van der Waals surface area contributed by atoms with Crippen LogP contribution in [0, 0.1) is 0 Å².